The van der Waals surface area contributed by atoms with Crippen molar-refractivity contribution in [2.24, 2.45) is 5.92 Å². The molecule has 1 aromatic rings. The first-order chi connectivity index (χ1) is 9.08. The summed E-state index contributed by atoms with van der Waals surface area (Å²) in [5.74, 6) is 0.322. The highest BCUT2D eigenvalue weighted by Gasteiger charge is 2.19. The number of halogens is 1. The number of nitrogen functional groups attached to an aromatic ring is 1. The number of hydrogen-bond donors (Lipinski definition) is 2. The van der Waals surface area contributed by atoms with Crippen LogP contribution >= 0.6 is 11.6 Å². The number of rotatable bonds is 3. The number of nitrogens with zero attached hydrogens (tertiary/aromatic N) is 1. The van der Waals surface area contributed by atoms with Crippen LogP contribution in [0.25, 0.3) is 0 Å². The Bertz CT molecular complexity index is 444. The third kappa shape index (κ3) is 3.61. The largest absolute Gasteiger partial charge is 0.398 e. The van der Waals surface area contributed by atoms with Gasteiger partial charge in [0.2, 0.25) is 0 Å². The second-order valence-corrected chi connectivity index (χ2v) is 5.59. The molecule has 1 fully saturated rings. The molecule has 5 heteroatoms. The molecular weight excluding hydrogens is 262 g/mol. The number of hydrogen-bond acceptors (Lipinski definition) is 3. The molecule has 2 rings (SSSR count). The second kappa shape index (κ2) is 6.26. The van der Waals surface area contributed by atoms with Crippen molar-refractivity contribution in [3.05, 3.63) is 28.8 Å². The van der Waals surface area contributed by atoms with Crippen LogP contribution in [-0.2, 0) is 0 Å². The zero-order valence-corrected chi connectivity index (χ0v) is 11.9. The molecule has 104 valence electrons. The quantitative estimate of drug-likeness (QED) is 0.833. The molecule has 0 spiro atoms. The normalized spacial score (nSPS) is 20.2. The molecule has 0 aliphatic carbocycles. The molecule has 3 N–H and O–H groups in total. The molecular formula is C14H20ClN3O. The number of nitrogens with one attached hydrogen (secondary N) is 1. The SMILES string of the molecule is CN1CCCC(CNC(=O)c2c(N)cccc2Cl)C1. The summed E-state index contributed by atoms with van der Waals surface area (Å²) < 4.78 is 0. The number of nitrogens with two attached hydrogens (primary N) is 1. The predicted molar refractivity (Wildman–Crippen MR) is 78.4 cm³/mol. The van der Waals surface area contributed by atoms with Gasteiger partial charge in [0.15, 0.2) is 0 Å². The zero-order chi connectivity index (χ0) is 13.8. The Labute approximate surface area is 118 Å². The van der Waals surface area contributed by atoms with Crippen molar-refractivity contribution >= 4 is 23.2 Å². The van der Waals surface area contributed by atoms with Gasteiger partial charge < -0.3 is 16.0 Å². The van der Waals surface area contributed by atoms with Gasteiger partial charge in [-0.15, -0.1) is 0 Å². The lowest BCUT2D eigenvalue weighted by Crippen LogP contribution is -2.39. The minimum absolute atomic E-state index is 0.184. The van der Waals surface area contributed by atoms with E-state index in [1.807, 2.05) is 0 Å². The fraction of sp³-hybridized carbons (Fsp3) is 0.500. The van der Waals surface area contributed by atoms with Gasteiger partial charge in [0.05, 0.1) is 10.6 Å². The first-order valence-electron chi connectivity index (χ1n) is 6.58. The van der Waals surface area contributed by atoms with Crippen LogP contribution in [-0.4, -0.2) is 37.5 Å². The Morgan fingerprint density at radius 1 is 1.58 bits per heavy atom. The van der Waals surface area contributed by atoms with E-state index in [0.717, 1.165) is 19.5 Å². The summed E-state index contributed by atoms with van der Waals surface area (Å²) in [4.78, 5) is 14.4. The van der Waals surface area contributed by atoms with Gasteiger partial charge >= 0.3 is 0 Å². The average molecular weight is 282 g/mol. The Morgan fingerprint density at radius 3 is 3.05 bits per heavy atom. The van der Waals surface area contributed by atoms with E-state index in [4.69, 9.17) is 17.3 Å². The molecule has 1 aromatic carbocycles. The van der Waals surface area contributed by atoms with E-state index in [1.165, 1.54) is 6.42 Å². The third-order valence-electron chi connectivity index (χ3n) is 3.55. The number of carbonyl (C=O) groups excluding carboxylic acids is 1. The van der Waals surface area contributed by atoms with Crippen LogP contribution in [0.5, 0.6) is 0 Å². The van der Waals surface area contributed by atoms with Gasteiger partial charge in [0.25, 0.3) is 5.91 Å². The Morgan fingerprint density at radius 2 is 2.37 bits per heavy atom. The topological polar surface area (TPSA) is 58.4 Å². The number of likely N-dealkylation sites (tertiary alicyclic amines) is 1. The molecule has 1 saturated heterocycles. The predicted octanol–water partition coefficient (Wildman–Crippen LogP) is 1.99. The van der Waals surface area contributed by atoms with E-state index in [0.29, 0.717) is 28.7 Å². The Balaban J connectivity index is 1.94. The van der Waals surface area contributed by atoms with Gasteiger partial charge in [-0.05, 0) is 44.5 Å². The summed E-state index contributed by atoms with van der Waals surface area (Å²) in [6.07, 6.45) is 2.34. The van der Waals surface area contributed by atoms with E-state index in [1.54, 1.807) is 18.2 Å². The molecule has 1 aliphatic heterocycles. The van der Waals surface area contributed by atoms with Crippen LogP contribution in [0.1, 0.15) is 23.2 Å². The van der Waals surface area contributed by atoms with Crippen LogP contribution in [0.3, 0.4) is 0 Å². The number of benzene rings is 1. The molecule has 0 saturated carbocycles. The first-order valence-corrected chi connectivity index (χ1v) is 6.96. The molecule has 1 heterocycles. The number of anilines is 1. The van der Waals surface area contributed by atoms with Crippen molar-refractivity contribution in [3.63, 3.8) is 0 Å². The van der Waals surface area contributed by atoms with E-state index in [-0.39, 0.29) is 5.91 Å². The minimum atomic E-state index is -0.184. The lowest BCUT2D eigenvalue weighted by atomic mass is 9.98. The summed E-state index contributed by atoms with van der Waals surface area (Å²) in [6, 6.07) is 5.11. The Hall–Kier alpha value is -1.26. The smallest absolute Gasteiger partial charge is 0.254 e. The van der Waals surface area contributed by atoms with Crippen molar-refractivity contribution in [1.82, 2.24) is 10.2 Å². The molecule has 1 aliphatic rings. The maximum absolute atomic E-state index is 12.1. The van der Waals surface area contributed by atoms with Crippen molar-refractivity contribution in [2.45, 2.75) is 12.8 Å². The highest BCUT2D eigenvalue weighted by Crippen LogP contribution is 2.22. The minimum Gasteiger partial charge on any atom is -0.398 e. The third-order valence-corrected chi connectivity index (χ3v) is 3.86. The van der Waals surface area contributed by atoms with E-state index >= 15 is 0 Å². The summed E-state index contributed by atoms with van der Waals surface area (Å²) in [6.45, 7) is 2.84. The van der Waals surface area contributed by atoms with Crippen LogP contribution in [0, 0.1) is 5.92 Å². The molecule has 0 bridgehead atoms. The van der Waals surface area contributed by atoms with Gasteiger partial charge in [-0.1, -0.05) is 17.7 Å². The van der Waals surface area contributed by atoms with Crippen molar-refractivity contribution in [1.29, 1.82) is 0 Å². The highest BCUT2D eigenvalue weighted by molar-refractivity contribution is 6.34. The van der Waals surface area contributed by atoms with Crippen molar-refractivity contribution in [2.75, 3.05) is 32.4 Å². The van der Waals surface area contributed by atoms with Gasteiger partial charge in [0, 0.05) is 18.8 Å². The maximum Gasteiger partial charge on any atom is 0.254 e. The van der Waals surface area contributed by atoms with Crippen LogP contribution < -0.4 is 11.1 Å². The van der Waals surface area contributed by atoms with Crippen LogP contribution in [0.15, 0.2) is 18.2 Å². The second-order valence-electron chi connectivity index (χ2n) is 5.18. The summed E-state index contributed by atoms with van der Waals surface area (Å²) in [5.41, 5.74) is 6.60. The first kappa shape index (κ1) is 14.2. The summed E-state index contributed by atoms with van der Waals surface area (Å²) in [7, 11) is 2.11. The number of piperidine rings is 1. The van der Waals surface area contributed by atoms with E-state index < -0.39 is 0 Å². The molecule has 1 atom stereocenters. The lowest BCUT2D eigenvalue weighted by Gasteiger charge is -2.29. The van der Waals surface area contributed by atoms with Gasteiger partial charge in [-0.2, -0.15) is 0 Å². The molecule has 0 aromatic heterocycles. The molecule has 0 radical (unpaired) electrons. The maximum atomic E-state index is 12.1. The molecule has 4 nitrogen and oxygen atoms in total. The standard InChI is InChI=1S/C14H20ClN3O/c1-18-7-3-4-10(9-18)8-17-14(19)13-11(15)5-2-6-12(13)16/h2,5-6,10H,3-4,7-9,16H2,1H3,(H,17,19). The molecule has 1 unspecified atom stereocenters. The zero-order valence-electron chi connectivity index (χ0n) is 11.2. The van der Waals surface area contributed by atoms with Crippen LogP contribution in [0.2, 0.25) is 5.02 Å². The highest BCUT2D eigenvalue weighted by atomic mass is 35.5. The fourth-order valence-corrected chi connectivity index (χ4v) is 2.81. The van der Waals surface area contributed by atoms with Gasteiger partial charge in [-0.25, -0.2) is 0 Å². The lowest BCUT2D eigenvalue weighted by molar-refractivity contribution is 0.0938. The molecule has 19 heavy (non-hydrogen) atoms. The number of amides is 1. The summed E-state index contributed by atoms with van der Waals surface area (Å²) in [5, 5.41) is 3.34. The molecule has 1 amide bonds. The summed E-state index contributed by atoms with van der Waals surface area (Å²) >= 11 is 6.02. The van der Waals surface area contributed by atoms with E-state index in [9.17, 15) is 4.79 Å². The van der Waals surface area contributed by atoms with E-state index in [2.05, 4.69) is 17.3 Å². The monoisotopic (exact) mass is 281 g/mol. The van der Waals surface area contributed by atoms with Gasteiger partial charge in [-0.3, -0.25) is 4.79 Å². The Kier molecular flexibility index (Phi) is 4.66. The average Bonchev–Trinajstić information content (AvgIpc) is 2.36. The van der Waals surface area contributed by atoms with Crippen molar-refractivity contribution in [3.8, 4) is 0 Å². The van der Waals surface area contributed by atoms with Crippen LogP contribution in [0.4, 0.5) is 5.69 Å². The van der Waals surface area contributed by atoms with Gasteiger partial charge in [0.1, 0.15) is 0 Å². The number of carbonyl (C=O) groups is 1. The van der Waals surface area contributed by atoms with Crippen molar-refractivity contribution < 1.29 is 4.79 Å². The fourth-order valence-electron chi connectivity index (χ4n) is 2.55.